The van der Waals surface area contributed by atoms with Gasteiger partial charge < -0.3 is 15.1 Å². The number of anilines is 1. The SMILES string of the molecule is O=C(CCc1ncc(-c2ccccc2F)o1)NCCC(=O)Nc1ccc(Br)cc1. The predicted molar refractivity (Wildman–Crippen MR) is 111 cm³/mol. The summed E-state index contributed by atoms with van der Waals surface area (Å²) in [7, 11) is 0. The van der Waals surface area contributed by atoms with E-state index in [9.17, 15) is 14.0 Å². The molecule has 3 aromatic rings. The van der Waals surface area contributed by atoms with Crippen LogP contribution in [0.2, 0.25) is 0 Å². The van der Waals surface area contributed by atoms with Gasteiger partial charge in [-0.25, -0.2) is 9.37 Å². The van der Waals surface area contributed by atoms with Crippen LogP contribution in [0.4, 0.5) is 10.1 Å². The molecule has 2 N–H and O–H groups in total. The van der Waals surface area contributed by atoms with Crippen LogP contribution in [-0.4, -0.2) is 23.3 Å². The standard InChI is InChI=1S/C21H19BrFN3O3/c22-14-5-7-15(8-6-14)26-20(28)11-12-24-19(27)9-10-21-25-13-18(29-21)16-3-1-2-4-17(16)23/h1-8,13H,9-12H2,(H,24,27)(H,26,28). The number of halogens is 2. The summed E-state index contributed by atoms with van der Waals surface area (Å²) in [5, 5.41) is 5.45. The molecule has 0 spiro atoms. The first-order valence-corrected chi connectivity index (χ1v) is 9.82. The summed E-state index contributed by atoms with van der Waals surface area (Å²) in [6.07, 6.45) is 2.05. The molecule has 1 heterocycles. The van der Waals surface area contributed by atoms with Crippen LogP contribution in [0.15, 0.2) is 63.6 Å². The fraction of sp³-hybridized carbons (Fsp3) is 0.190. The van der Waals surface area contributed by atoms with Gasteiger partial charge in [0, 0.05) is 36.0 Å². The zero-order valence-electron chi connectivity index (χ0n) is 15.5. The van der Waals surface area contributed by atoms with E-state index in [2.05, 4.69) is 31.5 Å². The number of nitrogens with zero attached hydrogens (tertiary/aromatic N) is 1. The number of benzene rings is 2. The van der Waals surface area contributed by atoms with E-state index < -0.39 is 5.82 Å². The number of amides is 2. The first kappa shape index (κ1) is 20.7. The van der Waals surface area contributed by atoms with Crippen LogP contribution in [0.25, 0.3) is 11.3 Å². The van der Waals surface area contributed by atoms with Gasteiger partial charge in [-0.2, -0.15) is 0 Å². The van der Waals surface area contributed by atoms with Gasteiger partial charge >= 0.3 is 0 Å². The molecule has 0 aliphatic heterocycles. The Hall–Kier alpha value is -3.00. The van der Waals surface area contributed by atoms with Gasteiger partial charge in [0.1, 0.15) is 5.82 Å². The molecule has 0 radical (unpaired) electrons. The fourth-order valence-corrected chi connectivity index (χ4v) is 2.86. The van der Waals surface area contributed by atoms with Crippen LogP contribution in [0.3, 0.4) is 0 Å². The average molecular weight is 460 g/mol. The van der Waals surface area contributed by atoms with E-state index in [0.29, 0.717) is 22.9 Å². The molecule has 0 aliphatic rings. The molecule has 0 fully saturated rings. The highest BCUT2D eigenvalue weighted by atomic mass is 79.9. The molecule has 150 valence electrons. The zero-order chi connectivity index (χ0) is 20.6. The van der Waals surface area contributed by atoms with Crippen LogP contribution in [0.1, 0.15) is 18.7 Å². The highest BCUT2D eigenvalue weighted by molar-refractivity contribution is 9.10. The van der Waals surface area contributed by atoms with Crippen molar-refractivity contribution >= 4 is 33.4 Å². The van der Waals surface area contributed by atoms with Crippen molar-refractivity contribution in [1.29, 1.82) is 0 Å². The van der Waals surface area contributed by atoms with Crippen LogP contribution in [0, 0.1) is 5.82 Å². The smallest absolute Gasteiger partial charge is 0.226 e. The van der Waals surface area contributed by atoms with E-state index in [-0.39, 0.29) is 37.6 Å². The fourth-order valence-electron chi connectivity index (χ4n) is 2.59. The van der Waals surface area contributed by atoms with Gasteiger partial charge in [-0.1, -0.05) is 28.1 Å². The maximum Gasteiger partial charge on any atom is 0.226 e. The van der Waals surface area contributed by atoms with Crippen molar-refractivity contribution < 1.29 is 18.4 Å². The zero-order valence-corrected chi connectivity index (χ0v) is 17.0. The highest BCUT2D eigenvalue weighted by Gasteiger charge is 2.12. The first-order chi connectivity index (χ1) is 14.0. The summed E-state index contributed by atoms with van der Waals surface area (Å²) in [4.78, 5) is 27.9. The van der Waals surface area contributed by atoms with E-state index in [1.165, 1.54) is 12.3 Å². The molecule has 0 aliphatic carbocycles. The monoisotopic (exact) mass is 459 g/mol. The summed E-state index contributed by atoms with van der Waals surface area (Å²) < 4.78 is 20.2. The summed E-state index contributed by atoms with van der Waals surface area (Å²) in [5.74, 6) is -0.120. The molecule has 2 amide bonds. The summed E-state index contributed by atoms with van der Waals surface area (Å²) in [6.45, 7) is 0.229. The maximum atomic E-state index is 13.8. The van der Waals surface area contributed by atoms with Crippen LogP contribution in [0.5, 0.6) is 0 Å². The molecule has 1 aromatic heterocycles. The highest BCUT2D eigenvalue weighted by Crippen LogP contribution is 2.23. The minimum atomic E-state index is -0.394. The summed E-state index contributed by atoms with van der Waals surface area (Å²) >= 11 is 3.33. The second-order valence-electron chi connectivity index (χ2n) is 6.25. The van der Waals surface area contributed by atoms with E-state index >= 15 is 0 Å². The quantitative estimate of drug-likeness (QED) is 0.525. The minimum Gasteiger partial charge on any atom is -0.441 e. The molecule has 3 rings (SSSR count). The normalized spacial score (nSPS) is 10.6. The number of nitrogens with one attached hydrogen (secondary N) is 2. The van der Waals surface area contributed by atoms with Gasteiger partial charge in [0.25, 0.3) is 0 Å². The lowest BCUT2D eigenvalue weighted by molar-refractivity contribution is -0.121. The van der Waals surface area contributed by atoms with Crippen molar-refractivity contribution in [3.05, 3.63) is 70.9 Å². The van der Waals surface area contributed by atoms with E-state index in [1.54, 1.807) is 30.3 Å². The van der Waals surface area contributed by atoms with Crippen molar-refractivity contribution in [3.8, 4) is 11.3 Å². The van der Waals surface area contributed by atoms with Crippen molar-refractivity contribution in [1.82, 2.24) is 10.3 Å². The van der Waals surface area contributed by atoms with Gasteiger partial charge in [-0.15, -0.1) is 0 Å². The number of hydrogen-bond acceptors (Lipinski definition) is 4. The number of oxazole rings is 1. The van der Waals surface area contributed by atoms with Gasteiger partial charge in [-0.05, 0) is 36.4 Å². The predicted octanol–water partition coefficient (Wildman–Crippen LogP) is 4.32. The second kappa shape index (κ2) is 9.97. The number of carbonyl (C=O) groups excluding carboxylic acids is 2. The number of aryl methyl sites for hydroxylation is 1. The Morgan fingerprint density at radius 3 is 2.55 bits per heavy atom. The van der Waals surface area contributed by atoms with Crippen molar-refractivity contribution in [2.75, 3.05) is 11.9 Å². The number of carbonyl (C=O) groups is 2. The van der Waals surface area contributed by atoms with Crippen molar-refractivity contribution in [2.45, 2.75) is 19.3 Å². The van der Waals surface area contributed by atoms with E-state index in [4.69, 9.17) is 4.42 Å². The number of rotatable bonds is 8. The molecule has 0 unspecified atom stereocenters. The third kappa shape index (κ3) is 6.25. The lowest BCUT2D eigenvalue weighted by atomic mass is 10.2. The third-order valence-electron chi connectivity index (χ3n) is 4.06. The Morgan fingerprint density at radius 2 is 1.79 bits per heavy atom. The Kier molecular flexibility index (Phi) is 7.13. The van der Waals surface area contributed by atoms with Crippen LogP contribution >= 0.6 is 15.9 Å². The van der Waals surface area contributed by atoms with Gasteiger partial charge in [0.05, 0.1) is 11.8 Å². The summed E-state index contributed by atoms with van der Waals surface area (Å²) in [5.41, 5.74) is 1.02. The second-order valence-corrected chi connectivity index (χ2v) is 7.17. The average Bonchev–Trinajstić information content (AvgIpc) is 3.17. The van der Waals surface area contributed by atoms with Crippen LogP contribution < -0.4 is 10.6 Å². The molecule has 2 aromatic carbocycles. The Balaban J connectivity index is 1.38. The molecule has 8 heteroatoms. The van der Waals surface area contributed by atoms with E-state index in [0.717, 1.165) is 4.47 Å². The lowest BCUT2D eigenvalue weighted by Crippen LogP contribution is -2.27. The molecule has 0 saturated carbocycles. The van der Waals surface area contributed by atoms with Crippen molar-refractivity contribution in [2.24, 2.45) is 0 Å². The maximum absolute atomic E-state index is 13.8. The topological polar surface area (TPSA) is 84.2 Å². The molecule has 0 bridgehead atoms. The lowest BCUT2D eigenvalue weighted by Gasteiger charge is -2.06. The molecule has 0 atom stereocenters. The number of hydrogen-bond donors (Lipinski definition) is 2. The molecular formula is C21H19BrFN3O3. The van der Waals surface area contributed by atoms with Crippen LogP contribution in [-0.2, 0) is 16.0 Å². The summed E-state index contributed by atoms with van der Waals surface area (Å²) in [6, 6.07) is 13.5. The first-order valence-electron chi connectivity index (χ1n) is 9.03. The molecule has 6 nitrogen and oxygen atoms in total. The van der Waals surface area contributed by atoms with Gasteiger partial charge in [-0.3, -0.25) is 9.59 Å². The Labute approximate surface area is 175 Å². The number of aromatic nitrogens is 1. The third-order valence-corrected chi connectivity index (χ3v) is 4.59. The Bertz CT molecular complexity index is 989. The van der Waals surface area contributed by atoms with Gasteiger partial charge in [0.15, 0.2) is 11.7 Å². The van der Waals surface area contributed by atoms with Crippen molar-refractivity contribution in [3.63, 3.8) is 0 Å². The van der Waals surface area contributed by atoms with E-state index in [1.807, 2.05) is 12.1 Å². The molecule has 29 heavy (non-hydrogen) atoms. The minimum absolute atomic E-state index is 0.158. The van der Waals surface area contributed by atoms with Gasteiger partial charge in [0.2, 0.25) is 11.8 Å². The largest absolute Gasteiger partial charge is 0.441 e. The Morgan fingerprint density at radius 1 is 1.03 bits per heavy atom. The molecule has 0 saturated heterocycles. The molecular weight excluding hydrogens is 441 g/mol.